The average molecular weight is 323 g/mol. The largest absolute Gasteiger partial charge is 0.796 e. The van der Waals surface area contributed by atoms with Gasteiger partial charge in [0.2, 0.25) is 0 Å². The molecule has 0 atom stereocenters. The van der Waals surface area contributed by atoms with Crippen LogP contribution in [0.4, 0.5) is 0 Å². The summed E-state index contributed by atoms with van der Waals surface area (Å²) in [4.78, 5) is 13.1. The minimum atomic E-state index is 0. The van der Waals surface area contributed by atoms with Crippen molar-refractivity contribution in [3.05, 3.63) is 46.9 Å². The maximum Gasteiger partial charge on any atom is 0.253 e. The zero-order chi connectivity index (χ0) is 12.1. The molecule has 0 spiro atoms. The van der Waals surface area contributed by atoms with Crippen molar-refractivity contribution in [2.45, 2.75) is 0 Å². The van der Waals surface area contributed by atoms with E-state index in [4.69, 9.17) is 0 Å². The zero-order valence-corrected chi connectivity index (χ0v) is 13.8. The van der Waals surface area contributed by atoms with E-state index in [9.17, 15) is 4.79 Å². The van der Waals surface area contributed by atoms with Crippen LogP contribution in [0.1, 0.15) is 15.9 Å². The molecule has 89 valence electrons. The monoisotopic (exact) mass is 323 g/mol. The van der Waals surface area contributed by atoms with Gasteiger partial charge in [-0.05, 0) is 17.7 Å². The van der Waals surface area contributed by atoms with Gasteiger partial charge in [-0.25, -0.2) is 0 Å². The summed E-state index contributed by atoms with van der Waals surface area (Å²) in [6, 6.07) is 7.48. The number of nitrogens with zero attached hydrogens (tertiary/aromatic N) is 2. The Morgan fingerprint density at radius 1 is 1.18 bits per heavy atom. The van der Waals surface area contributed by atoms with Crippen molar-refractivity contribution in [1.29, 1.82) is 0 Å². The van der Waals surface area contributed by atoms with Crippen molar-refractivity contribution in [2.75, 3.05) is 20.4 Å². The van der Waals surface area contributed by atoms with E-state index in [1.807, 2.05) is 30.5 Å². The summed E-state index contributed by atoms with van der Waals surface area (Å²) in [5, 5.41) is 3.98. The summed E-state index contributed by atoms with van der Waals surface area (Å²) in [6.45, 7) is 0. The molecular formula is C12H14N2OSY-2. The van der Waals surface area contributed by atoms with Gasteiger partial charge in [0.05, 0.1) is 0 Å². The summed E-state index contributed by atoms with van der Waals surface area (Å²) in [5.41, 5.74) is 2.79. The number of hydrogen-bond acceptors (Lipinski definition) is 2. The van der Waals surface area contributed by atoms with Gasteiger partial charge in [0.1, 0.15) is 0 Å². The number of carbonyl (C=O) groups excluding carboxylic acids is 1. The van der Waals surface area contributed by atoms with Crippen molar-refractivity contribution in [2.24, 2.45) is 0 Å². The van der Waals surface area contributed by atoms with E-state index in [1.165, 1.54) is 0 Å². The molecule has 0 saturated heterocycles. The first-order valence-electron chi connectivity index (χ1n) is 4.82. The van der Waals surface area contributed by atoms with E-state index in [2.05, 4.69) is 17.9 Å². The number of carbonyl (C=O) groups is 1. The Balaban J connectivity index is 0.000000811. The van der Waals surface area contributed by atoms with Crippen LogP contribution in [0.3, 0.4) is 0 Å². The molecule has 0 bridgehead atoms. The Kier molecular flexibility index (Phi) is 7.76. The second-order valence-electron chi connectivity index (χ2n) is 3.42. The summed E-state index contributed by atoms with van der Waals surface area (Å²) >= 11 is 4.08. The summed E-state index contributed by atoms with van der Waals surface area (Å²) in [6.07, 6.45) is 3.39. The van der Waals surface area contributed by atoms with Crippen LogP contribution in [0.15, 0.2) is 30.5 Å². The van der Waals surface area contributed by atoms with Crippen molar-refractivity contribution < 1.29 is 37.5 Å². The molecule has 17 heavy (non-hydrogen) atoms. The molecular weight excluding hydrogens is 309 g/mol. The van der Waals surface area contributed by atoms with Crippen LogP contribution in [-0.2, 0) is 45.3 Å². The minimum absolute atomic E-state index is 0. The van der Waals surface area contributed by atoms with Crippen LogP contribution in [-0.4, -0.2) is 31.2 Å². The molecule has 0 N–H and O–H groups in total. The maximum absolute atomic E-state index is 11.5. The first-order valence-corrected chi connectivity index (χ1v) is 5.64. The van der Waals surface area contributed by atoms with Gasteiger partial charge in [-0.15, -0.1) is 0 Å². The molecule has 1 heterocycles. The third-order valence-corrected chi connectivity index (χ3v) is 2.09. The van der Waals surface area contributed by atoms with Gasteiger partial charge in [0.25, 0.3) is 5.91 Å². The standard InChI is InChI=1S/C11H12N2O.CH4S.Y/c1-13(2)11(14)9-5-3-8(4-6-9)10-7-12-10;1-2;/h3-7H,1-2H3,(H,12,14);2H,1H3;/p-2. The third-order valence-electron chi connectivity index (χ3n) is 2.09. The van der Waals surface area contributed by atoms with Gasteiger partial charge < -0.3 is 22.8 Å². The summed E-state index contributed by atoms with van der Waals surface area (Å²) in [5.74, 6) is 0.0262. The zero-order valence-electron chi connectivity index (χ0n) is 10.2. The predicted octanol–water partition coefficient (Wildman–Crippen LogP) is 2.23. The van der Waals surface area contributed by atoms with Gasteiger partial charge in [-0.2, -0.15) is 18.2 Å². The number of benzene rings is 1. The molecule has 1 radical (unpaired) electrons. The summed E-state index contributed by atoms with van der Waals surface area (Å²) < 4.78 is 0. The smallest absolute Gasteiger partial charge is 0.253 e. The molecule has 0 saturated carbocycles. The Morgan fingerprint density at radius 2 is 1.65 bits per heavy atom. The fourth-order valence-electron chi connectivity index (χ4n) is 1.22. The van der Waals surface area contributed by atoms with Crippen molar-refractivity contribution >= 4 is 24.2 Å². The first kappa shape index (κ1) is 16.7. The molecule has 1 amide bonds. The van der Waals surface area contributed by atoms with E-state index in [0.717, 1.165) is 11.3 Å². The van der Waals surface area contributed by atoms with Gasteiger partial charge >= 0.3 is 0 Å². The van der Waals surface area contributed by atoms with Gasteiger partial charge in [-0.3, -0.25) is 4.79 Å². The molecule has 1 aromatic carbocycles. The molecule has 3 nitrogen and oxygen atoms in total. The molecule has 0 aliphatic carbocycles. The Labute approximate surface area is 133 Å². The van der Waals surface area contributed by atoms with Crippen LogP contribution in [0.2, 0.25) is 0 Å². The second-order valence-corrected chi connectivity index (χ2v) is 3.42. The Bertz CT molecular complexity index is 401. The Morgan fingerprint density at radius 3 is 2.00 bits per heavy atom. The average Bonchev–Trinajstić information content (AvgIpc) is 3.15. The number of amides is 1. The van der Waals surface area contributed by atoms with Crippen molar-refractivity contribution in [1.82, 2.24) is 4.90 Å². The van der Waals surface area contributed by atoms with Crippen LogP contribution in [0.5, 0.6) is 0 Å². The van der Waals surface area contributed by atoms with Gasteiger partial charge in [0, 0.05) is 52.4 Å². The number of hydrogen-bond donors (Lipinski definition) is 0. The number of rotatable bonds is 2. The Hall–Kier alpha value is -0.316. The second kappa shape index (κ2) is 7.90. The van der Waals surface area contributed by atoms with E-state index in [0.29, 0.717) is 5.56 Å². The van der Waals surface area contributed by atoms with Crippen LogP contribution < -0.4 is 0 Å². The minimum Gasteiger partial charge on any atom is -0.796 e. The van der Waals surface area contributed by atoms with Gasteiger partial charge in [0.15, 0.2) is 0 Å². The maximum atomic E-state index is 11.5. The van der Waals surface area contributed by atoms with Crippen LogP contribution in [0.25, 0.3) is 11.0 Å². The molecule has 2 rings (SSSR count). The molecule has 5 heteroatoms. The normalized spacial score (nSPS) is 10.9. The van der Waals surface area contributed by atoms with Crippen LogP contribution >= 0.6 is 0 Å². The molecule has 0 unspecified atom stereocenters. The van der Waals surface area contributed by atoms with Crippen molar-refractivity contribution in [3.8, 4) is 0 Å². The van der Waals surface area contributed by atoms with E-state index in [1.54, 1.807) is 25.3 Å². The van der Waals surface area contributed by atoms with E-state index in [-0.39, 0.29) is 38.6 Å². The molecule has 0 fully saturated rings. The van der Waals surface area contributed by atoms with Crippen LogP contribution in [0, 0.1) is 0 Å². The van der Waals surface area contributed by atoms with E-state index >= 15 is 0 Å². The fraction of sp³-hybridized carbons (Fsp3) is 0.250. The molecule has 1 aliphatic heterocycles. The predicted molar refractivity (Wildman–Crippen MR) is 69.1 cm³/mol. The molecule has 0 aromatic heterocycles. The fourth-order valence-corrected chi connectivity index (χ4v) is 1.22. The van der Waals surface area contributed by atoms with Gasteiger partial charge in [-0.1, -0.05) is 12.1 Å². The van der Waals surface area contributed by atoms with Crippen molar-refractivity contribution in [3.63, 3.8) is 0 Å². The first-order chi connectivity index (χ1) is 7.68. The SMILES string of the molecule is CN(C)C(=O)c1ccc(C2=C[N-]2)cc1.C[S-].[Y]. The molecule has 1 aromatic rings. The quantitative estimate of drug-likeness (QED) is 0.782. The summed E-state index contributed by atoms with van der Waals surface area (Å²) in [7, 11) is 3.49. The van der Waals surface area contributed by atoms with E-state index < -0.39 is 0 Å². The topological polar surface area (TPSA) is 34.4 Å². The third kappa shape index (κ3) is 4.82. The molecule has 1 aliphatic rings.